The first kappa shape index (κ1) is 15.0. The van der Waals surface area contributed by atoms with Crippen LogP contribution in [0.2, 0.25) is 0 Å². The lowest BCUT2D eigenvalue weighted by Crippen LogP contribution is -1.97. The van der Waals surface area contributed by atoms with Crippen molar-refractivity contribution in [3.8, 4) is 0 Å². The van der Waals surface area contributed by atoms with Gasteiger partial charge in [-0.2, -0.15) is 5.10 Å². The Balaban J connectivity index is 1.60. The second kappa shape index (κ2) is 6.52. The number of aryl methyl sites for hydroxylation is 1. The van der Waals surface area contributed by atoms with E-state index in [0.717, 1.165) is 33.8 Å². The summed E-state index contributed by atoms with van der Waals surface area (Å²) >= 11 is 0. The van der Waals surface area contributed by atoms with Gasteiger partial charge in [0.25, 0.3) is 0 Å². The number of nitrogens with zero attached hydrogens (tertiary/aromatic N) is 5. The van der Waals surface area contributed by atoms with Gasteiger partial charge in [0.05, 0.1) is 17.3 Å². The molecule has 0 fully saturated rings. The zero-order valence-electron chi connectivity index (χ0n) is 13.7. The fourth-order valence-electron chi connectivity index (χ4n) is 2.57. The van der Waals surface area contributed by atoms with E-state index in [1.807, 2.05) is 55.6 Å². The Morgan fingerprint density at radius 3 is 2.84 bits per heavy atom. The second-order valence-electron chi connectivity index (χ2n) is 5.57. The highest BCUT2D eigenvalue weighted by atomic mass is 15.3. The molecule has 0 saturated heterocycles. The Labute approximate surface area is 144 Å². The van der Waals surface area contributed by atoms with Gasteiger partial charge in [0.2, 0.25) is 0 Å². The predicted molar refractivity (Wildman–Crippen MR) is 99.2 cm³/mol. The van der Waals surface area contributed by atoms with Crippen molar-refractivity contribution in [3.05, 3.63) is 72.4 Å². The number of anilines is 2. The fraction of sp³-hybridized carbons (Fsp3) is 0.0526. The van der Waals surface area contributed by atoms with Gasteiger partial charge in [-0.05, 0) is 35.9 Å². The van der Waals surface area contributed by atoms with Crippen LogP contribution < -0.4 is 5.32 Å². The normalized spacial score (nSPS) is 11.2. The number of pyridine rings is 1. The molecule has 0 aliphatic rings. The van der Waals surface area contributed by atoms with Gasteiger partial charge in [-0.1, -0.05) is 24.3 Å². The summed E-state index contributed by atoms with van der Waals surface area (Å²) in [5, 5.41) is 8.47. The average molecular weight is 328 g/mol. The molecule has 4 rings (SSSR count). The topological polar surface area (TPSA) is 68.5 Å². The molecule has 25 heavy (non-hydrogen) atoms. The minimum Gasteiger partial charge on any atom is -0.340 e. The number of nitrogens with one attached hydrogen (secondary N) is 1. The summed E-state index contributed by atoms with van der Waals surface area (Å²) in [5.74, 6) is 0.740. The Hall–Kier alpha value is -3.54. The fourth-order valence-corrected chi connectivity index (χ4v) is 2.57. The minimum absolute atomic E-state index is 0.740. The van der Waals surface area contributed by atoms with Crippen LogP contribution in [-0.2, 0) is 7.05 Å². The van der Waals surface area contributed by atoms with Crippen LogP contribution >= 0.6 is 0 Å². The Bertz CT molecular complexity index is 1040. The van der Waals surface area contributed by atoms with Crippen molar-refractivity contribution in [3.63, 3.8) is 0 Å². The number of hydrogen-bond donors (Lipinski definition) is 1. The predicted octanol–water partition coefficient (Wildman–Crippen LogP) is 3.67. The maximum atomic E-state index is 4.34. The standard InChI is InChI=1S/C19H16N6/c1-25-19-17(12-23-25)18(21-13-22-19)24-16-7-4-5-14(11-16)8-9-15-6-2-3-10-20-15/h2-13H,1H3,(H,21,22,24). The van der Waals surface area contributed by atoms with E-state index in [9.17, 15) is 0 Å². The van der Waals surface area contributed by atoms with Gasteiger partial charge in [-0.3, -0.25) is 9.67 Å². The minimum atomic E-state index is 0.740. The first-order valence-electron chi connectivity index (χ1n) is 7.88. The van der Waals surface area contributed by atoms with Crippen molar-refractivity contribution in [1.82, 2.24) is 24.7 Å². The monoisotopic (exact) mass is 328 g/mol. The van der Waals surface area contributed by atoms with Crippen LogP contribution in [0.3, 0.4) is 0 Å². The van der Waals surface area contributed by atoms with Gasteiger partial charge >= 0.3 is 0 Å². The second-order valence-corrected chi connectivity index (χ2v) is 5.57. The molecular weight excluding hydrogens is 312 g/mol. The summed E-state index contributed by atoms with van der Waals surface area (Å²) < 4.78 is 1.73. The lowest BCUT2D eigenvalue weighted by molar-refractivity contribution is 0.785. The lowest BCUT2D eigenvalue weighted by Gasteiger charge is -2.07. The molecule has 0 amide bonds. The molecule has 3 heterocycles. The molecule has 6 nitrogen and oxygen atoms in total. The van der Waals surface area contributed by atoms with Crippen molar-refractivity contribution in [2.75, 3.05) is 5.32 Å². The van der Waals surface area contributed by atoms with E-state index in [4.69, 9.17) is 0 Å². The molecule has 0 spiro atoms. The molecule has 4 aromatic rings. The zero-order valence-corrected chi connectivity index (χ0v) is 13.7. The van der Waals surface area contributed by atoms with Crippen LogP contribution in [0.1, 0.15) is 11.3 Å². The number of hydrogen-bond acceptors (Lipinski definition) is 5. The summed E-state index contributed by atoms with van der Waals surface area (Å²) in [6, 6.07) is 14.0. The zero-order chi connectivity index (χ0) is 17.1. The summed E-state index contributed by atoms with van der Waals surface area (Å²) in [6.45, 7) is 0. The molecule has 0 atom stereocenters. The maximum absolute atomic E-state index is 4.34. The van der Waals surface area contributed by atoms with Crippen LogP contribution in [0.15, 0.2) is 61.2 Å². The third-order valence-corrected chi connectivity index (χ3v) is 3.81. The molecule has 0 saturated carbocycles. The van der Waals surface area contributed by atoms with E-state index in [2.05, 4.69) is 31.4 Å². The molecule has 0 radical (unpaired) electrons. The van der Waals surface area contributed by atoms with Crippen LogP contribution in [-0.4, -0.2) is 24.7 Å². The van der Waals surface area contributed by atoms with Crippen LogP contribution in [0.25, 0.3) is 23.2 Å². The highest BCUT2D eigenvalue weighted by Crippen LogP contribution is 2.23. The van der Waals surface area contributed by atoms with Crippen LogP contribution in [0.4, 0.5) is 11.5 Å². The van der Waals surface area contributed by atoms with Crippen molar-refractivity contribution >= 4 is 34.7 Å². The maximum Gasteiger partial charge on any atom is 0.163 e. The van der Waals surface area contributed by atoms with Crippen molar-refractivity contribution in [2.45, 2.75) is 0 Å². The summed E-state index contributed by atoms with van der Waals surface area (Å²) in [5.41, 5.74) is 3.75. The summed E-state index contributed by atoms with van der Waals surface area (Å²) in [6.07, 6.45) is 9.11. The number of rotatable bonds is 4. The van der Waals surface area contributed by atoms with Gasteiger partial charge in [0.1, 0.15) is 12.1 Å². The Morgan fingerprint density at radius 1 is 1.00 bits per heavy atom. The quantitative estimate of drug-likeness (QED) is 0.619. The third-order valence-electron chi connectivity index (χ3n) is 3.81. The van der Waals surface area contributed by atoms with E-state index in [1.54, 1.807) is 17.1 Å². The molecule has 0 aliphatic carbocycles. The molecule has 1 N–H and O–H groups in total. The molecule has 0 aliphatic heterocycles. The number of aromatic nitrogens is 5. The molecule has 0 bridgehead atoms. The van der Waals surface area contributed by atoms with E-state index in [1.165, 1.54) is 6.33 Å². The molecule has 1 aromatic carbocycles. The van der Waals surface area contributed by atoms with Crippen molar-refractivity contribution < 1.29 is 0 Å². The number of benzene rings is 1. The van der Waals surface area contributed by atoms with Gasteiger partial charge in [0.15, 0.2) is 5.65 Å². The van der Waals surface area contributed by atoms with Crippen LogP contribution in [0.5, 0.6) is 0 Å². The number of fused-ring (bicyclic) bond motifs is 1. The first-order valence-corrected chi connectivity index (χ1v) is 7.88. The van der Waals surface area contributed by atoms with E-state index >= 15 is 0 Å². The molecular formula is C19H16N6. The first-order chi connectivity index (χ1) is 12.3. The summed E-state index contributed by atoms with van der Waals surface area (Å²) in [7, 11) is 1.86. The molecule has 122 valence electrons. The Morgan fingerprint density at radius 2 is 1.96 bits per heavy atom. The smallest absolute Gasteiger partial charge is 0.163 e. The van der Waals surface area contributed by atoms with Gasteiger partial charge in [0, 0.05) is 18.9 Å². The van der Waals surface area contributed by atoms with E-state index in [-0.39, 0.29) is 0 Å². The molecule has 0 unspecified atom stereocenters. The highest BCUT2D eigenvalue weighted by Gasteiger charge is 2.07. The van der Waals surface area contributed by atoms with Gasteiger partial charge in [-0.15, -0.1) is 0 Å². The summed E-state index contributed by atoms with van der Waals surface area (Å²) in [4.78, 5) is 12.9. The van der Waals surface area contributed by atoms with Crippen LogP contribution in [0, 0.1) is 0 Å². The van der Waals surface area contributed by atoms with Gasteiger partial charge < -0.3 is 5.32 Å². The van der Waals surface area contributed by atoms with Gasteiger partial charge in [-0.25, -0.2) is 9.97 Å². The SMILES string of the molecule is Cn1ncc2c(Nc3cccc(C=Cc4ccccn4)c3)ncnc21. The Kier molecular flexibility index (Phi) is 3.92. The largest absolute Gasteiger partial charge is 0.340 e. The molecule has 6 heteroatoms. The van der Waals surface area contributed by atoms with Crippen molar-refractivity contribution in [2.24, 2.45) is 7.05 Å². The van der Waals surface area contributed by atoms with E-state index in [0.29, 0.717) is 0 Å². The average Bonchev–Trinajstić information content (AvgIpc) is 3.04. The van der Waals surface area contributed by atoms with E-state index < -0.39 is 0 Å². The third kappa shape index (κ3) is 3.23. The lowest BCUT2D eigenvalue weighted by atomic mass is 10.1. The highest BCUT2D eigenvalue weighted by molar-refractivity contribution is 5.88. The van der Waals surface area contributed by atoms with Crippen molar-refractivity contribution in [1.29, 1.82) is 0 Å². The molecule has 3 aromatic heterocycles.